The van der Waals surface area contributed by atoms with Crippen molar-refractivity contribution in [2.45, 2.75) is 13.3 Å². The predicted octanol–water partition coefficient (Wildman–Crippen LogP) is 2.91. The molecule has 5 heterocycles. The van der Waals surface area contributed by atoms with Crippen LogP contribution in [0.1, 0.15) is 23.7 Å². The minimum absolute atomic E-state index is 0.0401. The highest BCUT2D eigenvalue weighted by molar-refractivity contribution is 7.08. The fraction of sp³-hybridized carbons (Fsp3) is 0.350. The van der Waals surface area contributed by atoms with Crippen LogP contribution in [0.5, 0.6) is 0 Å². The molecule has 5 rings (SSSR count). The number of carbonyl (C=O) groups excluding carboxylic acids is 2. The second-order valence-corrected chi connectivity index (χ2v) is 8.30. The van der Waals surface area contributed by atoms with Gasteiger partial charge in [0.2, 0.25) is 5.91 Å². The van der Waals surface area contributed by atoms with Gasteiger partial charge in [-0.05, 0) is 35.9 Å². The number of aromatic nitrogens is 2. The zero-order chi connectivity index (χ0) is 18.6. The zero-order valence-electron chi connectivity index (χ0n) is 15.0. The van der Waals surface area contributed by atoms with Crippen LogP contribution in [0.4, 0.5) is 5.69 Å². The molecule has 0 radical (unpaired) electrons. The lowest BCUT2D eigenvalue weighted by Crippen LogP contribution is -2.40. The van der Waals surface area contributed by atoms with Gasteiger partial charge < -0.3 is 9.80 Å². The van der Waals surface area contributed by atoms with Gasteiger partial charge >= 0.3 is 0 Å². The first-order chi connectivity index (χ1) is 13.1. The van der Waals surface area contributed by atoms with Crippen LogP contribution in [-0.2, 0) is 4.79 Å². The Morgan fingerprint density at radius 3 is 3.04 bits per heavy atom. The fourth-order valence-electron chi connectivity index (χ4n) is 4.54. The van der Waals surface area contributed by atoms with E-state index < -0.39 is 5.41 Å². The molecule has 2 fully saturated rings. The third-order valence-corrected chi connectivity index (χ3v) is 6.80. The van der Waals surface area contributed by atoms with Crippen molar-refractivity contribution >= 4 is 34.4 Å². The standard InChI is InChI=1S/C20H20N4O2S/c1-14-11-22(18(25)16-10-21-24-7-3-2-4-17(16)24)13-20(14)6-8-23(19(20)26)15-5-9-27-12-15/h2-5,7,9-10,12,14H,6,8,11,13H2,1H3/t14-,20-/m1/s1. The van der Waals surface area contributed by atoms with E-state index in [4.69, 9.17) is 0 Å². The molecule has 3 aromatic rings. The lowest BCUT2D eigenvalue weighted by atomic mass is 9.78. The average molecular weight is 380 g/mol. The van der Waals surface area contributed by atoms with Crippen molar-refractivity contribution < 1.29 is 9.59 Å². The third-order valence-electron chi connectivity index (χ3n) is 6.13. The number of pyridine rings is 1. The van der Waals surface area contributed by atoms with Crippen LogP contribution >= 0.6 is 11.3 Å². The topological polar surface area (TPSA) is 57.9 Å². The molecule has 2 amide bonds. The predicted molar refractivity (Wildman–Crippen MR) is 104 cm³/mol. The maximum atomic E-state index is 13.3. The summed E-state index contributed by atoms with van der Waals surface area (Å²) in [5, 5.41) is 8.28. The van der Waals surface area contributed by atoms with E-state index in [0.717, 1.165) is 24.2 Å². The van der Waals surface area contributed by atoms with Crippen molar-refractivity contribution in [3.63, 3.8) is 0 Å². The van der Waals surface area contributed by atoms with Crippen molar-refractivity contribution in [2.75, 3.05) is 24.5 Å². The lowest BCUT2D eigenvalue weighted by Gasteiger charge is -2.26. The fourth-order valence-corrected chi connectivity index (χ4v) is 5.18. The molecule has 1 spiro atoms. The largest absolute Gasteiger partial charge is 0.337 e. The number of hydrogen-bond donors (Lipinski definition) is 0. The van der Waals surface area contributed by atoms with Gasteiger partial charge in [0, 0.05) is 31.2 Å². The van der Waals surface area contributed by atoms with Gasteiger partial charge in [-0.3, -0.25) is 9.59 Å². The second-order valence-electron chi connectivity index (χ2n) is 7.52. The highest BCUT2D eigenvalue weighted by Crippen LogP contribution is 2.46. The quantitative estimate of drug-likeness (QED) is 0.687. The van der Waals surface area contributed by atoms with Crippen molar-refractivity contribution in [3.05, 3.63) is 53.0 Å². The highest BCUT2D eigenvalue weighted by Gasteiger charge is 2.56. The van der Waals surface area contributed by atoms with E-state index in [9.17, 15) is 9.59 Å². The number of amides is 2. The normalized spacial score (nSPS) is 25.2. The molecule has 2 aliphatic rings. The summed E-state index contributed by atoms with van der Waals surface area (Å²) >= 11 is 1.60. The lowest BCUT2D eigenvalue weighted by molar-refractivity contribution is -0.126. The van der Waals surface area contributed by atoms with E-state index in [1.54, 1.807) is 22.0 Å². The maximum Gasteiger partial charge on any atom is 0.257 e. The first kappa shape index (κ1) is 16.5. The van der Waals surface area contributed by atoms with E-state index in [2.05, 4.69) is 12.0 Å². The Hall–Kier alpha value is -2.67. The smallest absolute Gasteiger partial charge is 0.257 e. The number of anilines is 1. The third kappa shape index (κ3) is 2.34. The molecule has 27 heavy (non-hydrogen) atoms. The molecular formula is C20H20N4O2S. The summed E-state index contributed by atoms with van der Waals surface area (Å²) in [6.07, 6.45) is 4.25. The molecule has 0 unspecified atom stereocenters. The highest BCUT2D eigenvalue weighted by atomic mass is 32.1. The zero-order valence-corrected chi connectivity index (χ0v) is 15.9. The molecule has 0 saturated carbocycles. The van der Waals surface area contributed by atoms with Crippen LogP contribution in [0.25, 0.3) is 5.52 Å². The molecule has 0 N–H and O–H groups in total. The average Bonchev–Trinajstić information content (AvgIpc) is 3.44. The summed E-state index contributed by atoms with van der Waals surface area (Å²) in [5.74, 6) is 0.254. The minimum atomic E-state index is -0.472. The second kappa shape index (κ2) is 5.92. The molecule has 7 heteroatoms. The maximum absolute atomic E-state index is 13.3. The van der Waals surface area contributed by atoms with Crippen LogP contribution in [0.2, 0.25) is 0 Å². The van der Waals surface area contributed by atoms with Crippen LogP contribution < -0.4 is 4.90 Å². The SMILES string of the molecule is C[C@@H]1CN(C(=O)c2cnn3ccccc23)C[C@]12CCN(c1ccsc1)C2=O. The Labute approximate surface area is 161 Å². The van der Waals surface area contributed by atoms with Crippen LogP contribution in [0.3, 0.4) is 0 Å². The van der Waals surface area contributed by atoms with Gasteiger partial charge in [0.25, 0.3) is 5.91 Å². The number of thiophene rings is 1. The molecule has 0 bridgehead atoms. The van der Waals surface area contributed by atoms with Crippen LogP contribution in [-0.4, -0.2) is 46.0 Å². The minimum Gasteiger partial charge on any atom is -0.337 e. The summed E-state index contributed by atoms with van der Waals surface area (Å²) in [5.41, 5.74) is 1.90. The van der Waals surface area contributed by atoms with Gasteiger partial charge in [-0.1, -0.05) is 13.0 Å². The van der Waals surface area contributed by atoms with Crippen LogP contribution in [0, 0.1) is 11.3 Å². The van der Waals surface area contributed by atoms with Crippen molar-refractivity contribution in [2.24, 2.45) is 11.3 Å². The van der Waals surface area contributed by atoms with Crippen molar-refractivity contribution in [1.82, 2.24) is 14.5 Å². The Morgan fingerprint density at radius 2 is 2.22 bits per heavy atom. The number of nitrogens with zero attached hydrogens (tertiary/aromatic N) is 4. The molecule has 0 aliphatic carbocycles. The molecule has 2 aliphatic heterocycles. The molecule has 2 atom stereocenters. The first-order valence-electron chi connectivity index (χ1n) is 9.16. The van der Waals surface area contributed by atoms with Crippen LogP contribution in [0.15, 0.2) is 47.4 Å². The van der Waals surface area contributed by atoms with E-state index in [1.807, 2.05) is 51.0 Å². The summed E-state index contributed by atoms with van der Waals surface area (Å²) < 4.78 is 1.71. The number of likely N-dealkylation sites (tertiary alicyclic amines) is 1. The summed E-state index contributed by atoms with van der Waals surface area (Å²) in [6.45, 7) is 3.90. The molecule has 3 aromatic heterocycles. The van der Waals surface area contributed by atoms with Gasteiger partial charge in [-0.2, -0.15) is 16.4 Å². The number of hydrogen-bond acceptors (Lipinski definition) is 4. The summed E-state index contributed by atoms with van der Waals surface area (Å²) in [4.78, 5) is 30.2. The first-order valence-corrected chi connectivity index (χ1v) is 10.1. The number of fused-ring (bicyclic) bond motifs is 1. The molecule has 2 saturated heterocycles. The molecular weight excluding hydrogens is 360 g/mol. The number of rotatable bonds is 2. The van der Waals surface area contributed by atoms with E-state index in [0.29, 0.717) is 18.7 Å². The van der Waals surface area contributed by atoms with Gasteiger partial charge in [0.1, 0.15) is 0 Å². The van der Waals surface area contributed by atoms with Gasteiger partial charge in [-0.25, -0.2) is 4.52 Å². The number of carbonyl (C=O) groups is 2. The molecule has 6 nitrogen and oxygen atoms in total. The van der Waals surface area contributed by atoms with Gasteiger partial charge in [-0.15, -0.1) is 0 Å². The summed E-state index contributed by atoms with van der Waals surface area (Å²) in [6, 6.07) is 7.68. The van der Waals surface area contributed by atoms with Gasteiger partial charge in [0.15, 0.2) is 0 Å². The Bertz CT molecular complexity index is 1030. The Balaban J connectivity index is 1.43. The molecule has 0 aromatic carbocycles. The van der Waals surface area contributed by atoms with E-state index >= 15 is 0 Å². The van der Waals surface area contributed by atoms with Crippen molar-refractivity contribution in [1.29, 1.82) is 0 Å². The van der Waals surface area contributed by atoms with Gasteiger partial charge in [0.05, 0.1) is 28.4 Å². The molecule has 138 valence electrons. The Morgan fingerprint density at radius 1 is 1.33 bits per heavy atom. The van der Waals surface area contributed by atoms with E-state index in [-0.39, 0.29) is 17.7 Å². The van der Waals surface area contributed by atoms with Crippen molar-refractivity contribution in [3.8, 4) is 0 Å². The summed E-state index contributed by atoms with van der Waals surface area (Å²) in [7, 11) is 0. The van der Waals surface area contributed by atoms with E-state index in [1.165, 1.54) is 0 Å². The Kier molecular flexibility index (Phi) is 3.62. The monoisotopic (exact) mass is 380 g/mol.